The molecule has 0 spiro atoms. The number of hydrazine groups is 1. The summed E-state index contributed by atoms with van der Waals surface area (Å²) >= 11 is 0. The number of anilines is 1. The molecule has 0 fully saturated rings. The normalized spacial score (nSPS) is 10.6. The lowest BCUT2D eigenvalue weighted by atomic mass is 10.1. The van der Waals surface area contributed by atoms with Crippen molar-refractivity contribution in [2.45, 2.75) is 33.1 Å². The molecule has 0 saturated carbocycles. The van der Waals surface area contributed by atoms with Gasteiger partial charge in [0.2, 0.25) is 0 Å². The van der Waals surface area contributed by atoms with E-state index >= 15 is 0 Å². The minimum absolute atomic E-state index is 0.00218. The van der Waals surface area contributed by atoms with Gasteiger partial charge >= 0.3 is 0 Å². The average molecular weight is 250 g/mol. The average Bonchev–Trinajstić information content (AvgIpc) is 2.37. The zero-order valence-corrected chi connectivity index (χ0v) is 11.5. The van der Waals surface area contributed by atoms with E-state index in [9.17, 15) is 4.79 Å². The third-order valence-corrected chi connectivity index (χ3v) is 2.74. The van der Waals surface area contributed by atoms with Gasteiger partial charge in [0.25, 0.3) is 5.91 Å². The molecule has 1 aromatic rings. The molecule has 3 N–H and O–H groups in total. The molecule has 0 aliphatic heterocycles. The van der Waals surface area contributed by atoms with Crippen molar-refractivity contribution >= 4 is 11.7 Å². The van der Waals surface area contributed by atoms with Crippen LogP contribution >= 0.6 is 0 Å². The molecule has 0 saturated heterocycles. The number of nitrogens with one attached hydrogen (secondary N) is 1. The molecule has 18 heavy (non-hydrogen) atoms. The highest BCUT2D eigenvalue weighted by atomic mass is 16.2. The Kier molecular flexibility index (Phi) is 5.09. The van der Waals surface area contributed by atoms with E-state index in [-0.39, 0.29) is 11.8 Å². The van der Waals surface area contributed by atoms with E-state index in [1.807, 2.05) is 26.8 Å². The van der Waals surface area contributed by atoms with Crippen LogP contribution in [0.25, 0.3) is 0 Å². The van der Waals surface area contributed by atoms with Crippen LogP contribution in [0, 0.1) is 0 Å². The second-order valence-corrected chi connectivity index (χ2v) is 4.69. The maximum absolute atomic E-state index is 12.2. The number of nitrogen functional groups attached to an aromatic ring is 1. The fraction of sp³-hybridized carbons (Fsp3) is 0.538. The highest BCUT2D eigenvalue weighted by Crippen LogP contribution is 2.18. The lowest BCUT2D eigenvalue weighted by molar-refractivity contribution is 0.0795. The van der Waals surface area contributed by atoms with Crippen molar-refractivity contribution in [2.24, 2.45) is 5.84 Å². The molecule has 1 amide bonds. The lowest BCUT2D eigenvalue weighted by Gasteiger charge is -2.17. The van der Waals surface area contributed by atoms with E-state index in [4.69, 9.17) is 5.84 Å². The maximum Gasteiger partial charge on any atom is 0.253 e. The van der Waals surface area contributed by atoms with Gasteiger partial charge in [0.1, 0.15) is 5.82 Å². The van der Waals surface area contributed by atoms with Gasteiger partial charge in [-0.2, -0.15) is 0 Å². The first-order valence-corrected chi connectivity index (χ1v) is 6.23. The third-order valence-electron chi connectivity index (χ3n) is 2.74. The predicted octanol–water partition coefficient (Wildman–Crippen LogP) is 1.97. The summed E-state index contributed by atoms with van der Waals surface area (Å²) in [5, 5.41) is 0. The molecule has 1 aromatic heterocycles. The van der Waals surface area contributed by atoms with Crippen LogP contribution in [0.5, 0.6) is 0 Å². The Morgan fingerprint density at radius 2 is 2.17 bits per heavy atom. The minimum Gasteiger partial charge on any atom is -0.342 e. The van der Waals surface area contributed by atoms with Gasteiger partial charge in [-0.1, -0.05) is 20.8 Å². The number of nitrogens with zero attached hydrogens (tertiary/aromatic N) is 2. The van der Waals surface area contributed by atoms with Gasteiger partial charge < -0.3 is 10.3 Å². The first-order valence-electron chi connectivity index (χ1n) is 6.23. The number of nitrogens with two attached hydrogens (primary N) is 1. The monoisotopic (exact) mass is 250 g/mol. The van der Waals surface area contributed by atoms with Gasteiger partial charge in [-0.05, 0) is 24.5 Å². The van der Waals surface area contributed by atoms with Crippen molar-refractivity contribution in [1.29, 1.82) is 0 Å². The smallest absolute Gasteiger partial charge is 0.253 e. The van der Waals surface area contributed by atoms with Crippen molar-refractivity contribution in [3.05, 3.63) is 23.4 Å². The number of amides is 1. The number of pyridine rings is 1. The Bertz CT molecular complexity index is 417. The van der Waals surface area contributed by atoms with Crippen LogP contribution in [0.15, 0.2) is 12.1 Å². The second-order valence-electron chi connectivity index (χ2n) is 4.69. The SMILES string of the molecule is CCCN(C)C(=O)c1cc(NN)nc(C(C)C)c1. The lowest BCUT2D eigenvalue weighted by Crippen LogP contribution is -2.28. The standard InChI is InChI=1S/C13H22N4O/c1-5-6-17(4)13(18)10-7-11(9(2)3)15-12(8-10)16-14/h7-9H,5-6,14H2,1-4H3,(H,15,16). The van der Waals surface area contributed by atoms with E-state index in [0.29, 0.717) is 11.4 Å². The van der Waals surface area contributed by atoms with Crippen molar-refractivity contribution in [1.82, 2.24) is 9.88 Å². The van der Waals surface area contributed by atoms with E-state index in [1.54, 1.807) is 18.0 Å². The topological polar surface area (TPSA) is 71.2 Å². The van der Waals surface area contributed by atoms with Gasteiger partial charge in [-0.25, -0.2) is 10.8 Å². The van der Waals surface area contributed by atoms with Crippen LogP contribution in [0.2, 0.25) is 0 Å². The number of rotatable bonds is 5. The number of aromatic nitrogens is 1. The Labute approximate surface area is 108 Å². The summed E-state index contributed by atoms with van der Waals surface area (Å²) in [6, 6.07) is 3.51. The van der Waals surface area contributed by atoms with E-state index in [2.05, 4.69) is 10.4 Å². The molecule has 5 heteroatoms. The Hall–Kier alpha value is -1.62. The number of hydrogen-bond acceptors (Lipinski definition) is 4. The molecule has 100 valence electrons. The number of carbonyl (C=O) groups is 1. The van der Waals surface area contributed by atoms with Gasteiger partial charge in [0, 0.05) is 24.8 Å². The fourth-order valence-electron chi connectivity index (χ4n) is 1.70. The van der Waals surface area contributed by atoms with Crippen molar-refractivity contribution in [3.8, 4) is 0 Å². The van der Waals surface area contributed by atoms with Gasteiger partial charge in [0.15, 0.2) is 0 Å². The van der Waals surface area contributed by atoms with Crippen LogP contribution in [0.4, 0.5) is 5.82 Å². The Morgan fingerprint density at radius 1 is 1.50 bits per heavy atom. The summed E-state index contributed by atoms with van der Waals surface area (Å²) in [7, 11) is 1.80. The van der Waals surface area contributed by atoms with Crippen LogP contribution in [-0.2, 0) is 0 Å². The molecule has 1 heterocycles. The summed E-state index contributed by atoms with van der Waals surface area (Å²) in [6.07, 6.45) is 0.937. The van der Waals surface area contributed by atoms with Crippen LogP contribution in [0.1, 0.15) is 49.2 Å². The summed E-state index contributed by atoms with van der Waals surface area (Å²) < 4.78 is 0. The molecular weight excluding hydrogens is 228 g/mol. The summed E-state index contributed by atoms with van der Waals surface area (Å²) in [5.74, 6) is 6.16. The summed E-state index contributed by atoms with van der Waals surface area (Å²) in [5.41, 5.74) is 3.99. The van der Waals surface area contributed by atoms with Crippen molar-refractivity contribution in [3.63, 3.8) is 0 Å². The van der Waals surface area contributed by atoms with E-state index < -0.39 is 0 Å². The first kappa shape index (κ1) is 14.4. The summed E-state index contributed by atoms with van der Waals surface area (Å²) in [4.78, 5) is 18.2. The minimum atomic E-state index is -0.00218. The largest absolute Gasteiger partial charge is 0.342 e. The maximum atomic E-state index is 12.2. The van der Waals surface area contributed by atoms with Crippen LogP contribution in [0.3, 0.4) is 0 Å². The number of carbonyl (C=O) groups excluding carboxylic acids is 1. The highest BCUT2D eigenvalue weighted by molar-refractivity contribution is 5.94. The second kappa shape index (κ2) is 6.35. The molecule has 0 aliphatic carbocycles. The number of hydrogen-bond donors (Lipinski definition) is 2. The zero-order chi connectivity index (χ0) is 13.7. The van der Waals surface area contributed by atoms with E-state index in [1.165, 1.54) is 0 Å². The van der Waals surface area contributed by atoms with Crippen molar-refractivity contribution in [2.75, 3.05) is 19.0 Å². The molecule has 0 atom stereocenters. The molecular formula is C13H22N4O. The first-order chi connectivity index (χ1) is 8.49. The predicted molar refractivity (Wildman–Crippen MR) is 73.4 cm³/mol. The van der Waals surface area contributed by atoms with Crippen molar-refractivity contribution < 1.29 is 4.79 Å². The molecule has 5 nitrogen and oxygen atoms in total. The van der Waals surface area contributed by atoms with Gasteiger partial charge in [0.05, 0.1) is 0 Å². The quantitative estimate of drug-likeness (QED) is 0.619. The van der Waals surface area contributed by atoms with Gasteiger partial charge in [-0.15, -0.1) is 0 Å². The fourth-order valence-corrected chi connectivity index (χ4v) is 1.70. The van der Waals surface area contributed by atoms with Crippen LogP contribution < -0.4 is 11.3 Å². The molecule has 0 bridgehead atoms. The highest BCUT2D eigenvalue weighted by Gasteiger charge is 2.14. The molecule has 0 radical (unpaired) electrons. The molecule has 0 aromatic carbocycles. The summed E-state index contributed by atoms with van der Waals surface area (Å²) in [6.45, 7) is 6.85. The molecule has 0 aliphatic rings. The Morgan fingerprint density at radius 3 is 2.67 bits per heavy atom. The third kappa shape index (κ3) is 3.43. The van der Waals surface area contributed by atoms with E-state index in [0.717, 1.165) is 18.7 Å². The molecule has 0 unspecified atom stereocenters. The zero-order valence-electron chi connectivity index (χ0n) is 11.5. The van der Waals surface area contributed by atoms with Gasteiger partial charge in [-0.3, -0.25) is 4.79 Å². The van der Waals surface area contributed by atoms with Crippen LogP contribution in [-0.4, -0.2) is 29.4 Å². The molecule has 1 rings (SSSR count). The Balaban J connectivity index is 3.07.